The van der Waals surface area contributed by atoms with Gasteiger partial charge >= 0.3 is 17.9 Å². The molecule has 1 heterocycles. The van der Waals surface area contributed by atoms with Crippen molar-refractivity contribution in [3.05, 3.63) is 47.1 Å². The number of hydrogen-bond donors (Lipinski definition) is 1. The van der Waals surface area contributed by atoms with Gasteiger partial charge in [0.05, 0.1) is 16.9 Å². The zero-order valence-electron chi connectivity index (χ0n) is 24.7. The van der Waals surface area contributed by atoms with Gasteiger partial charge < -0.3 is 24.1 Å². The fourth-order valence-corrected chi connectivity index (χ4v) is 4.34. The number of aliphatic hydroxyl groups is 1. The number of esters is 3. The van der Waals surface area contributed by atoms with E-state index in [-0.39, 0.29) is 17.6 Å². The molecule has 10 heteroatoms. The molecule has 1 saturated heterocycles. The van der Waals surface area contributed by atoms with Gasteiger partial charge in [0.25, 0.3) is 0 Å². The third-order valence-electron chi connectivity index (χ3n) is 7.65. The van der Waals surface area contributed by atoms with Gasteiger partial charge in [0.1, 0.15) is 18.3 Å². The number of alkyl halides is 1. The maximum atomic E-state index is 13.7. The summed E-state index contributed by atoms with van der Waals surface area (Å²) in [6, 6.07) is 0. The standard InChI is InChI=1S/C30H41ClO9/c1-11-15(4)26(34)37-19(14-20(32)29(8,9)31)18(7)21-22(38-27(35)16(5)12-2)24(33)30(10)25(40-30)23(21)39-28(36)17(6)13-3/h11-13,19-23,25,32H,7,14H2,1-6,8-10H3/b15-11-,16-12-,17-13-/t19?,20?,21-,22-,23+,25-,30+/m1/s1. The Bertz CT molecular complexity index is 1140. The van der Waals surface area contributed by atoms with Crippen LogP contribution in [-0.4, -0.2) is 69.8 Å². The topological polar surface area (TPSA) is 129 Å². The van der Waals surface area contributed by atoms with E-state index in [1.807, 2.05) is 0 Å². The molecular formula is C30H41ClO9. The zero-order chi connectivity index (χ0) is 30.7. The monoisotopic (exact) mass is 580 g/mol. The fraction of sp³-hybridized carbons (Fsp3) is 0.600. The molecule has 1 saturated carbocycles. The number of ketones is 1. The van der Waals surface area contributed by atoms with Crippen LogP contribution in [0.15, 0.2) is 47.1 Å². The number of hydrogen-bond acceptors (Lipinski definition) is 9. The van der Waals surface area contributed by atoms with Gasteiger partial charge in [-0.3, -0.25) is 4.79 Å². The molecule has 222 valence electrons. The molecule has 0 radical (unpaired) electrons. The molecule has 40 heavy (non-hydrogen) atoms. The molecule has 0 aromatic carbocycles. The highest BCUT2D eigenvalue weighted by atomic mass is 35.5. The summed E-state index contributed by atoms with van der Waals surface area (Å²) < 4.78 is 23.1. The lowest BCUT2D eigenvalue weighted by Gasteiger charge is -2.39. The summed E-state index contributed by atoms with van der Waals surface area (Å²) in [7, 11) is 0. The van der Waals surface area contributed by atoms with Crippen LogP contribution in [0.4, 0.5) is 0 Å². The van der Waals surface area contributed by atoms with Gasteiger partial charge in [-0.05, 0) is 67.9 Å². The van der Waals surface area contributed by atoms with E-state index in [0.717, 1.165) is 0 Å². The van der Waals surface area contributed by atoms with Crippen LogP contribution in [0.3, 0.4) is 0 Å². The van der Waals surface area contributed by atoms with Crippen molar-refractivity contribution in [1.29, 1.82) is 0 Å². The van der Waals surface area contributed by atoms with Gasteiger partial charge in [-0.1, -0.05) is 24.8 Å². The molecule has 0 aromatic rings. The third-order valence-corrected chi connectivity index (χ3v) is 7.90. The van der Waals surface area contributed by atoms with Gasteiger partial charge in [-0.25, -0.2) is 14.4 Å². The summed E-state index contributed by atoms with van der Waals surface area (Å²) >= 11 is 6.36. The SMILES string of the molecule is C=C(C(CC(O)C(C)(C)Cl)OC(=O)/C(C)=C\C)[C@H]1[C@H](OC(=O)/C(C)=C\C)[C@H]2O[C@@]2(C)C(=O)[C@@H]1OC(=O)/C(C)=C\C. The highest BCUT2D eigenvalue weighted by molar-refractivity contribution is 6.23. The molecule has 7 atom stereocenters. The molecule has 1 N–H and O–H groups in total. The second-order valence-corrected chi connectivity index (χ2v) is 11.9. The number of carbonyl (C=O) groups excluding carboxylic acids is 4. The van der Waals surface area contributed by atoms with Crippen molar-refractivity contribution >= 4 is 35.3 Å². The van der Waals surface area contributed by atoms with E-state index < -0.39 is 70.6 Å². The van der Waals surface area contributed by atoms with Gasteiger partial charge in [0.15, 0.2) is 11.7 Å². The average molecular weight is 581 g/mol. The molecule has 1 aliphatic heterocycles. The summed E-state index contributed by atoms with van der Waals surface area (Å²) in [5.41, 5.74) is -0.381. The number of aliphatic hydroxyl groups excluding tert-OH is 1. The Morgan fingerprint density at radius 1 is 1.02 bits per heavy atom. The van der Waals surface area contributed by atoms with Crippen molar-refractivity contribution in [2.24, 2.45) is 5.92 Å². The predicted molar refractivity (Wildman–Crippen MR) is 149 cm³/mol. The minimum absolute atomic E-state index is 0.106. The molecule has 2 rings (SSSR count). The fourth-order valence-electron chi connectivity index (χ4n) is 4.26. The number of carbonyl (C=O) groups is 4. The van der Waals surface area contributed by atoms with Crippen LogP contribution < -0.4 is 0 Å². The molecular weight excluding hydrogens is 540 g/mol. The lowest BCUT2D eigenvalue weighted by Crippen LogP contribution is -2.57. The first-order valence-corrected chi connectivity index (χ1v) is 13.6. The Labute approximate surface area is 241 Å². The Morgan fingerprint density at radius 3 is 1.98 bits per heavy atom. The van der Waals surface area contributed by atoms with Crippen LogP contribution in [0.25, 0.3) is 0 Å². The van der Waals surface area contributed by atoms with Gasteiger partial charge in [0.2, 0.25) is 5.78 Å². The average Bonchev–Trinajstić information content (AvgIpc) is 3.61. The van der Waals surface area contributed by atoms with Gasteiger partial charge in [-0.15, -0.1) is 11.6 Å². The first-order chi connectivity index (χ1) is 18.4. The van der Waals surface area contributed by atoms with Crippen LogP contribution >= 0.6 is 11.6 Å². The zero-order valence-corrected chi connectivity index (χ0v) is 25.5. The summed E-state index contributed by atoms with van der Waals surface area (Å²) in [5, 5.41) is 10.8. The minimum atomic E-state index is -1.48. The van der Waals surface area contributed by atoms with E-state index in [4.69, 9.17) is 30.5 Å². The lowest BCUT2D eigenvalue weighted by atomic mass is 9.72. The van der Waals surface area contributed by atoms with Crippen molar-refractivity contribution in [2.45, 2.75) is 110 Å². The van der Waals surface area contributed by atoms with E-state index in [1.165, 1.54) is 13.0 Å². The van der Waals surface area contributed by atoms with Crippen molar-refractivity contribution in [3.8, 4) is 0 Å². The summed E-state index contributed by atoms with van der Waals surface area (Å²) in [6.07, 6.45) is -1.33. The van der Waals surface area contributed by atoms with E-state index in [1.54, 1.807) is 67.5 Å². The number of Topliss-reactive ketones (excluding diaryl/α,β-unsaturated/α-hetero) is 1. The van der Waals surface area contributed by atoms with E-state index in [0.29, 0.717) is 11.1 Å². The molecule has 2 unspecified atom stereocenters. The van der Waals surface area contributed by atoms with Crippen molar-refractivity contribution in [1.82, 2.24) is 0 Å². The third kappa shape index (κ3) is 7.11. The normalized spacial score (nSPS) is 28.7. The number of allylic oxidation sites excluding steroid dienone is 3. The smallest absolute Gasteiger partial charge is 0.334 e. The highest BCUT2D eigenvalue weighted by Gasteiger charge is 2.72. The van der Waals surface area contributed by atoms with E-state index in [2.05, 4.69) is 6.58 Å². The summed E-state index contributed by atoms with van der Waals surface area (Å²) in [4.78, 5) is 51.2. The van der Waals surface area contributed by atoms with Gasteiger partial charge in [-0.2, -0.15) is 0 Å². The highest BCUT2D eigenvalue weighted by Crippen LogP contribution is 2.52. The molecule has 2 fully saturated rings. The molecule has 0 spiro atoms. The quantitative estimate of drug-likeness (QED) is 0.0949. The Morgan fingerprint density at radius 2 is 1.50 bits per heavy atom. The first-order valence-electron chi connectivity index (χ1n) is 13.2. The molecule has 2 aliphatic rings. The summed E-state index contributed by atoms with van der Waals surface area (Å²) in [5.74, 6) is -3.79. The maximum Gasteiger partial charge on any atom is 0.334 e. The second kappa shape index (κ2) is 12.8. The number of halogens is 1. The van der Waals surface area contributed by atoms with Crippen molar-refractivity contribution < 1.29 is 43.2 Å². The van der Waals surface area contributed by atoms with Crippen molar-refractivity contribution in [2.75, 3.05) is 0 Å². The number of ether oxygens (including phenoxy) is 4. The predicted octanol–water partition coefficient (Wildman–Crippen LogP) is 4.30. The Hall–Kier alpha value is -2.75. The van der Waals surface area contributed by atoms with Crippen LogP contribution in [0, 0.1) is 5.92 Å². The molecule has 0 aromatic heterocycles. The number of rotatable bonds is 11. The van der Waals surface area contributed by atoms with Crippen LogP contribution in [0.1, 0.15) is 68.7 Å². The first kappa shape index (κ1) is 33.5. The molecule has 9 nitrogen and oxygen atoms in total. The Balaban J connectivity index is 2.65. The largest absolute Gasteiger partial charge is 0.455 e. The minimum Gasteiger partial charge on any atom is -0.455 e. The summed E-state index contributed by atoms with van der Waals surface area (Å²) in [6.45, 7) is 18.5. The van der Waals surface area contributed by atoms with Crippen LogP contribution in [-0.2, 0) is 38.1 Å². The molecule has 1 aliphatic carbocycles. The number of epoxide rings is 1. The lowest BCUT2D eigenvalue weighted by molar-refractivity contribution is -0.167. The van der Waals surface area contributed by atoms with Crippen molar-refractivity contribution in [3.63, 3.8) is 0 Å². The number of fused-ring (bicyclic) bond motifs is 1. The van der Waals surface area contributed by atoms with Crippen LogP contribution in [0.2, 0.25) is 0 Å². The van der Waals surface area contributed by atoms with Gasteiger partial charge in [0, 0.05) is 23.1 Å². The molecule has 0 bridgehead atoms. The molecule has 0 amide bonds. The maximum absolute atomic E-state index is 13.7. The van der Waals surface area contributed by atoms with Crippen LogP contribution in [0.5, 0.6) is 0 Å². The second-order valence-electron chi connectivity index (χ2n) is 10.9. The van der Waals surface area contributed by atoms with E-state index in [9.17, 15) is 24.3 Å². The van der Waals surface area contributed by atoms with E-state index >= 15 is 0 Å². The Kier molecular flexibility index (Phi) is 10.7.